The second kappa shape index (κ2) is 10.1. The number of amides is 1. The van der Waals surface area contributed by atoms with E-state index in [-0.39, 0.29) is 11.9 Å². The van der Waals surface area contributed by atoms with Crippen molar-refractivity contribution in [2.75, 3.05) is 39.0 Å². The number of thioether (sulfide) groups is 1. The molecule has 0 radical (unpaired) electrons. The molecule has 0 unspecified atom stereocenters. The van der Waals surface area contributed by atoms with Crippen molar-refractivity contribution in [2.45, 2.75) is 18.1 Å². The third-order valence-corrected chi connectivity index (χ3v) is 8.21. The fourth-order valence-corrected chi connectivity index (χ4v) is 5.93. The van der Waals surface area contributed by atoms with E-state index in [0.29, 0.717) is 10.9 Å². The SMILES string of the molecule is COc1ccc(-n2cnnc2SCC(=O)N2CCN([C@H](C)c3nc4ccccc4s3)CC2)cc1. The van der Waals surface area contributed by atoms with Crippen molar-refractivity contribution in [2.24, 2.45) is 0 Å². The number of hydrogen-bond donors (Lipinski definition) is 0. The predicted molar refractivity (Wildman–Crippen MR) is 135 cm³/mol. The Labute approximate surface area is 206 Å². The van der Waals surface area contributed by atoms with Crippen LogP contribution in [0, 0.1) is 0 Å². The molecular weight excluding hydrogens is 468 g/mol. The summed E-state index contributed by atoms with van der Waals surface area (Å²) in [6.07, 6.45) is 1.66. The summed E-state index contributed by atoms with van der Waals surface area (Å²) in [7, 11) is 1.64. The van der Waals surface area contributed by atoms with E-state index in [1.807, 2.05) is 39.8 Å². The molecule has 0 spiro atoms. The zero-order valence-corrected chi connectivity index (χ0v) is 20.8. The molecule has 1 aliphatic rings. The van der Waals surface area contributed by atoms with Crippen LogP contribution in [0.5, 0.6) is 5.75 Å². The molecule has 0 aliphatic carbocycles. The fourth-order valence-electron chi connectivity index (χ4n) is 4.04. The maximum absolute atomic E-state index is 12.9. The number of piperazine rings is 1. The van der Waals surface area contributed by atoms with Gasteiger partial charge in [-0.2, -0.15) is 0 Å². The molecule has 34 heavy (non-hydrogen) atoms. The summed E-state index contributed by atoms with van der Waals surface area (Å²) in [5.74, 6) is 1.25. The average molecular weight is 495 g/mol. The van der Waals surface area contributed by atoms with E-state index in [2.05, 4.69) is 40.2 Å². The standard InChI is InChI=1S/C24H26N6O2S2/c1-17(23-26-20-5-3-4-6-21(20)34-23)28-11-13-29(14-12-28)22(31)15-33-24-27-25-16-30(24)18-7-9-19(32-2)10-8-18/h3-10,16-17H,11-15H2,1-2H3/t17-/m1/s1. The number of para-hydroxylation sites is 1. The molecule has 2 aromatic carbocycles. The number of carbonyl (C=O) groups is 1. The van der Waals surface area contributed by atoms with E-state index in [1.54, 1.807) is 24.8 Å². The molecule has 10 heteroatoms. The molecule has 1 fully saturated rings. The van der Waals surface area contributed by atoms with Gasteiger partial charge in [0.1, 0.15) is 17.1 Å². The highest BCUT2D eigenvalue weighted by atomic mass is 32.2. The van der Waals surface area contributed by atoms with E-state index < -0.39 is 0 Å². The van der Waals surface area contributed by atoms with Crippen molar-refractivity contribution < 1.29 is 9.53 Å². The number of thiazole rings is 1. The number of aromatic nitrogens is 4. The first-order chi connectivity index (χ1) is 16.6. The highest BCUT2D eigenvalue weighted by Crippen LogP contribution is 2.30. The smallest absolute Gasteiger partial charge is 0.233 e. The maximum atomic E-state index is 12.9. The lowest BCUT2D eigenvalue weighted by Gasteiger charge is -2.37. The second-order valence-corrected chi connectivity index (χ2v) is 10.1. The summed E-state index contributed by atoms with van der Waals surface area (Å²) < 4.78 is 8.33. The Bertz CT molecular complexity index is 1230. The van der Waals surface area contributed by atoms with Gasteiger partial charge in [-0.3, -0.25) is 14.3 Å². The Morgan fingerprint density at radius 1 is 1.12 bits per heavy atom. The highest BCUT2D eigenvalue weighted by molar-refractivity contribution is 7.99. The van der Waals surface area contributed by atoms with Crippen LogP contribution in [-0.4, -0.2) is 74.5 Å². The maximum Gasteiger partial charge on any atom is 0.233 e. The van der Waals surface area contributed by atoms with Gasteiger partial charge in [-0.15, -0.1) is 21.5 Å². The van der Waals surface area contributed by atoms with Crippen LogP contribution in [0.3, 0.4) is 0 Å². The number of fused-ring (bicyclic) bond motifs is 1. The first-order valence-corrected chi connectivity index (χ1v) is 13.0. The van der Waals surface area contributed by atoms with Gasteiger partial charge in [0.25, 0.3) is 0 Å². The van der Waals surface area contributed by atoms with E-state index in [1.165, 1.54) is 16.5 Å². The molecule has 8 nitrogen and oxygen atoms in total. The lowest BCUT2D eigenvalue weighted by atomic mass is 10.2. The molecule has 1 atom stereocenters. The van der Waals surface area contributed by atoms with Crippen molar-refractivity contribution in [3.05, 3.63) is 59.9 Å². The minimum atomic E-state index is 0.126. The zero-order chi connectivity index (χ0) is 23.5. The topological polar surface area (TPSA) is 76.4 Å². The second-order valence-electron chi connectivity index (χ2n) is 8.08. The van der Waals surface area contributed by atoms with Crippen molar-refractivity contribution in [3.8, 4) is 11.4 Å². The quantitative estimate of drug-likeness (QED) is 0.361. The van der Waals surface area contributed by atoms with Gasteiger partial charge in [-0.1, -0.05) is 23.9 Å². The van der Waals surface area contributed by atoms with E-state index in [0.717, 1.165) is 48.1 Å². The van der Waals surface area contributed by atoms with Crippen molar-refractivity contribution >= 4 is 39.2 Å². The minimum absolute atomic E-state index is 0.126. The molecular formula is C24H26N6O2S2. The molecule has 0 N–H and O–H groups in total. The van der Waals surface area contributed by atoms with Gasteiger partial charge in [-0.25, -0.2) is 4.98 Å². The van der Waals surface area contributed by atoms with Gasteiger partial charge in [0.05, 0.1) is 29.1 Å². The lowest BCUT2D eigenvalue weighted by molar-refractivity contribution is -0.130. The van der Waals surface area contributed by atoms with Crippen LogP contribution < -0.4 is 4.74 Å². The number of ether oxygens (including phenoxy) is 1. The van der Waals surface area contributed by atoms with Crippen molar-refractivity contribution in [3.63, 3.8) is 0 Å². The van der Waals surface area contributed by atoms with Crippen molar-refractivity contribution in [1.29, 1.82) is 0 Å². The monoisotopic (exact) mass is 494 g/mol. The van der Waals surface area contributed by atoms with Crippen LogP contribution in [0.4, 0.5) is 0 Å². The van der Waals surface area contributed by atoms with E-state index in [9.17, 15) is 4.79 Å². The molecule has 0 saturated carbocycles. The third kappa shape index (κ3) is 4.79. The predicted octanol–water partition coefficient (Wildman–Crippen LogP) is 3.88. The molecule has 2 aromatic heterocycles. The molecule has 0 bridgehead atoms. The summed E-state index contributed by atoms with van der Waals surface area (Å²) in [5.41, 5.74) is 1.99. The number of rotatable bonds is 7. The van der Waals surface area contributed by atoms with Gasteiger partial charge in [0.2, 0.25) is 5.91 Å². The Morgan fingerprint density at radius 3 is 2.62 bits per heavy atom. The van der Waals surface area contributed by atoms with Crippen LogP contribution in [-0.2, 0) is 4.79 Å². The Kier molecular flexibility index (Phi) is 6.80. The fraction of sp³-hybridized carbons (Fsp3) is 0.333. The van der Waals surface area contributed by atoms with E-state index in [4.69, 9.17) is 9.72 Å². The molecule has 1 saturated heterocycles. The molecule has 1 aliphatic heterocycles. The van der Waals surface area contributed by atoms with E-state index >= 15 is 0 Å². The van der Waals surface area contributed by atoms with Gasteiger partial charge < -0.3 is 9.64 Å². The number of hydrogen-bond acceptors (Lipinski definition) is 8. The van der Waals surface area contributed by atoms with Crippen LogP contribution in [0.2, 0.25) is 0 Å². The summed E-state index contributed by atoms with van der Waals surface area (Å²) in [5, 5.41) is 10.1. The number of carbonyl (C=O) groups excluding carboxylic acids is 1. The number of benzene rings is 2. The first kappa shape index (κ1) is 22.8. The molecule has 3 heterocycles. The minimum Gasteiger partial charge on any atom is -0.497 e. The van der Waals surface area contributed by atoms with Crippen LogP contribution in [0.25, 0.3) is 15.9 Å². The van der Waals surface area contributed by atoms with Crippen molar-refractivity contribution in [1.82, 2.24) is 29.5 Å². The lowest BCUT2D eigenvalue weighted by Crippen LogP contribution is -2.49. The largest absolute Gasteiger partial charge is 0.497 e. The van der Waals surface area contributed by atoms with Gasteiger partial charge in [0, 0.05) is 31.9 Å². The average Bonchev–Trinajstić information content (AvgIpc) is 3.54. The third-order valence-electron chi connectivity index (χ3n) is 6.07. The Balaban J connectivity index is 1.15. The van der Waals surface area contributed by atoms with Crippen LogP contribution >= 0.6 is 23.1 Å². The summed E-state index contributed by atoms with van der Waals surface area (Å²) >= 11 is 3.17. The summed E-state index contributed by atoms with van der Waals surface area (Å²) in [6.45, 7) is 5.34. The van der Waals surface area contributed by atoms with Crippen LogP contribution in [0.1, 0.15) is 18.0 Å². The van der Waals surface area contributed by atoms with Gasteiger partial charge in [-0.05, 0) is 43.3 Å². The van der Waals surface area contributed by atoms with Gasteiger partial charge >= 0.3 is 0 Å². The summed E-state index contributed by atoms with van der Waals surface area (Å²) in [6, 6.07) is 16.2. The highest BCUT2D eigenvalue weighted by Gasteiger charge is 2.26. The Morgan fingerprint density at radius 2 is 1.88 bits per heavy atom. The first-order valence-electron chi connectivity index (χ1n) is 11.2. The zero-order valence-electron chi connectivity index (χ0n) is 19.1. The van der Waals surface area contributed by atoms with Gasteiger partial charge in [0.15, 0.2) is 5.16 Å². The molecule has 176 valence electrons. The molecule has 4 aromatic rings. The Hall–Kier alpha value is -2.95. The molecule has 1 amide bonds. The number of methoxy groups -OCH3 is 1. The summed E-state index contributed by atoms with van der Waals surface area (Å²) in [4.78, 5) is 22.1. The normalized spacial score (nSPS) is 15.5. The van der Waals surface area contributed by atoms with Crippen LogP contribution in [0.15, 0.2) is 60.0 Å². The number of nitrogens with zero attached hydrogens (tertiary/aromatic N) is 6. The molecule has 5 rings (SSSR count).